The molecule has 0 saturated heterocycles. The Morgan fingerprint density at radius 2 is 1.94 bits per heavy atom. The number of rotatable bonds is 2. The summed E-state index contributed by atoms with van der Waals surface area (Å²) in [5.74, 6) is -0.182. The van der Waals surface area contributed by atoms with Crippen molar-refractivity contribution >= 4 is 39.9 Å². The van der Waals surface area contributed by atoms with Gasteiger partial charge < -0.3 is 11.1 Å². The highest BCUT2D eigenvalue weighted by Crippen LogP contribution is 2.19. The summed E-state index contributed by atoms with van der Waals surface area (Å²) in [5.41, 5.74) is 8.62. The van der Waals surface area contributed by atoms with Crippen LogP contribution in [0.5, 0.6) is 0 Å². The predicted molar refractivity (Wildman–Crippen MR) is 82.7 cm³/mol. The van der Waals surface area contributed by atoms with Crippen LogP contribution in [0.15, 0.2) is 42.5 Å². The summed E-state index contributed by atoms with van der Waals surface area (Å²) < 4.78 is 1.07. The minimum atomic E-state index is -0.182. The van der Waals surface area contributed by atoms with Gasteiger partial charge in [-0.2, -0.15) is 0 Å². The topological polar surface area (TPSA) is 55.1 Å². The fourth-order valence-corrected chi connectivity index (χ4v) is 2.19. The van der Waals surface area contributed by atoms with Crippen LogP contribution in [-0.2, 0) is 0 Å². The van der Waals surface area contributed by atoms with E-state index in [4.69, 9.17) is 5.73 Å². The molecular weight excluding hydrogens is 339 g/mol. The van der Waals surface area contributed by atoms with Crippen molar-refractivity contribution in [2.24, 2.45) is 0 Å². The molecule has 0 saturated carbocycles. The van der Waals surface area contributed by atoms with Gasteiger partial charge in [0.1, 0.15) is 0 Å². The van der Waals surface area contributed by atoms with Crippen molar-refractivity contribution in [2.75, 3.05) is 11.1 Å². The van der Waals surface area contributed by atoms with E-state index in [0.29, 0.717) is 11.3 Å². The Balaban J connectivity index is 2.25. The van der Waals surface area contributed by atoms with Crippen LogP contribution in [0.3, 0.4) is 0 Å². The van der Waals surface area contributed by atoms with E-state index >= 15 is 0 Å². The van der Waals surface area contributed by atoms with Crippen LogP contribution in [0.2, 0.25) is 0 Å². The lowest BCUT2D eigenvalue weighted by atomic mass is 10.1. The number of nitrogen functional groups attached to an aromatic ring is 1. The van der Waals surface area contributed by atoms with Gasteiger partial charge >= 0.3 is 0 Å². The summed E-state index contributed by atoms with van der Waals surface area (Å²) in [7, 11) is 0. The number of benzene rings is 2. The van der Waals surface area contributed by atoms with Crippen LogP contribution in [0.25, 0.3) is 0 Å². The van der Waals surface area contributed by atoms with Crippen molar-refractivity contribution in [1.82, 2.24) is 0 Å². The molecule has 0 unspecified atom stereocenters. The predicted octanol–water partition coefficient (Wildman–Crippen LogP) is 3.43. The van der Waals surface area contributed by atoms with Gasteiger partial charge in [0.2, 0.25) is 0 Å². The zero-order valence-electron chi connectivity index (χ0n) is 9.91. The van der Waals surface area contributed by atoms with Crippen LogP contribution in [0.4, 0.5) is 11.4 Å². The molecule has 0 aliphatic heterocycles. The van der Waals surface area contributed by atoms with E-state index in [1.165, 1.54) is 0 Å². The maximum Gasteiger partial charge on any atom is 0.257 e. The standard InChI is InChI=1S/C14H13IN2O/c1-9-4-2-7-12(13(9)16)14(18)17-11-6-3-5-10(15)8-11/h2-8H,16H2,1H3,(H,17,18). The monoisotopic (exact) mass is 352 g/mol. The quantitative estimate of drug-likeness (QED) is 0.643. The van der Waals surface area contributed by atoms with Crippen molar-refractivity contribution < 1.29 is 4.79 Å². The molecule has 2 rings (SSSR count). The molecule has 0 atom stereocenters. The molecule has 1 amide bonds. The zero-order valence-corrected chi connectivity index (χ0v) is 12.1. The third kappa shape index (κ3) is 2.81. The van der Waals surface area contributed by atoms with Gasteiger partial charge in [-0.15, -0.1) is 0 Å². The Bertz CT molecular complexity index is 596. The largest absolute Gasteiger partial charge is 0.398 e. The van der Waals surface area contributed by atoms with E-state index in [0.717, 1.165) is 14.8 Å². The number of nitrogens with one attached hydrogen (secondary N) is 1. The molecule has 18 heavy (non-hydrogen) atoms. The van der Waals surface area contributed by atoms with Crippen molar-refractivity contribution in [2.45, 2.75) is 6.92 Å². The lowest BCUT2D eigenvalue weighted by Gasteiger charge is -2.09. The summed E-state index contributed by atoms with van der Waals surface area (Å²) in [6, 6.07) is 13.1. The highest BCUT2D eigenvalue weighted by atomic mass is 127. The highest BCUT2D eigenvalue weighted by Gasteiger charge is 2.10. The van der Waals surface area contributed by atoms with E-state index in [1.807, 2.05) is 43.3 Å². The number of carbonyl (C=O) groups excluding carboxylic acids is 1. The van der Waals surface area contributed by atoms with Crippen molar-refractivity contribution in [3.8, 4) is 0 Å². The van der Waals surface area contributed by atoms with Gasteiger partial charge in [-0.1, -0.05) is 18.2 Å². The first kappa shape index (κ1) is 12.9. The maximum absolute atomic E-state index is 12.1. The van der Waals surface area contributed by atoms with Gasteiger partial charge in [0.05, 0.1) is 5.56 Å². The molecule has 3 nitrogen and oxygen atoms in total. The van der Waals surface area contributed by atoms with Gasteiger partial charge in [-0.25, -0.2) is 0 Å². The third-order valence-electron chi connectivity index (χ3n) is 2.65. The van der Waals surface area contributed by atoms with Crippen LogP contribution in [0.1, 0.15) is 15.9 Å². The number of nitrogens with two attached hydrogens (primary N) is 1. The molecule has 2 aromatic rings. The van der Waals surface area contributed by atoms with Crippen LogP contribution >= 0.6 is 22.6 Å². The van der Waals surface area contributed by atoms with E-state index in [1.54, 1.807) is 6.07 Å². The Hall–Kier alpha value is -1.56. The molecule has 0 aliphatic rings. The number of carbonyl (C=O) groups is 1. The Labute approximate surface area is 120 Å². The number of hydrogen-bond donors (Lipinski definition) is 2. The molecule has 0 spiro atoms. The second kappa shape index (κ2) is 5.39. The van der Waals surface area contributed by atoms with E-state index in [2.05, 4.69) is 27.9 Å². The SMILES string of the molecule is Cc1cccc(C(=O)Nc2cccc(I)c2)c1N. The summed E-state index contributed by atoms with van der Waals surface area (Å²) in [5, 5.41) is 2.84. The molecule has 0 heterocycles. The first-order chi connectivity index (χ1) is 8.58. The number of amides is 1. The van der Waals surface area contributed by atoms with Crippen LogP contribution in [-0.4, -0.2) is 5.91 Å². The van der Waals surface area contributed by atoms with Crippen molar-refractivity contribution in [1.29, 1.82) is 0 Å². The summed E-state index contributed by atoms with van der Waals surface area (Å²) in [4.78, 5) is 12.1. The second-order valence-corrected chi connectivity index (χ2v) is 5.25. The van der Waals surface area contributed by atoms with E-state index in [9.17, 15) is 4.79 Å². The number of halogens is 1. The minimum Gasteiger partial charge on any atom is -0.398 e. The van der Waals surface area contributed by atoms with Gasteiger partial charge in [0.15, 0.2) is 0 Å². The Morgan fingerprint density at radius 1 is 1.22 bits per heavy atom. The molecule has 0 aliphatic carbocycles. The van der Waals surface area contributed by atoms with Gasteiger partial charge in [-0.3, -0.25) is 4.79 Å². The zero-order chi connectivity index (χ0) is 13.1. The molecular formula is C14H13IN2O. The van der Waals surface area contributed by atoms with Crippen LogP contribution < -0.4 is 11.1 Å². The summed E-state index contributed by atoms with van der Waals surface area (Å²) in [6.07, 6.45) is 0. The smallest absolute Gasteiger partial charge is 0.257 e. The van der Waals surface area contributed by atoms with Crippen molar-refractivity contribution in [3.63, 3.8) is 0 Å². The van der Waals surface area contributed by atoms with Gasteiger partial charge in [0.25, 0.3) is 5.91 Å². The molecule has 0 radical (unpaired) electrons. The van der Waals surface area contributed by atoms with Gasteiger partial charge in [-0.05, 0) is 59.3 Å². The first-order valence-electron chi connectivity index (χ1n) is 5.50. The van der Waals surface area contributed by atoms with E-state index < -0.39 is 0 Å². The second-order valence-electron chi connectivity index (χ2n) is 4.00. The number of para-hydroxylation sites is 1. The lowest BCUT2D eigenvalue weighted by Crippen LogP contribution is -2.14. The molecule has 0 aromatic heterocycles. The average molecular weight is 352 g/mol. The fourth-order valence-electron chi connectivity index (χ4n) is 1.64. The molecule has 0 bridgehead atoms. The molecule has 3 N–H and O–H groups in total. The maximum atomic E-state index is 12.1. The normalized spacial score (nSPS) is 10.1. The van der Waals surface area contributed by atoms with Crippen molar-refractivity contribution in [3.05, 3.63) is 57.2 Å². The van der Waals surface area contributed by atoms with Crippen LogP contribution in [0, 0.1) is 10.5 Å². The third-order valence-corrected chi connectivity index (χ3v) is 3.32. The summed E-state index contributed by atoms with van der Waals surface area (Å²) in [6.45, 7) is 1.89. The molecule has 4 heteroatoms. The van der Waals surface area contributed by atoms with E-state index in [-0.39, 0.29) is 5.91 Å². The number of hydrogen-bond acceptors (Lipinski definition) is 2. The Morgan fingerprint density at radius 3 is 2.67 bits per heavy atom. The molecule has 92 valence electrons. The number of anilines is 2. The first-order valence-corrected chi connectivity index (χ1v) is 6.58. The van der Waals surface area contributed by atoms with Gasteiger partial charge in [0, 0.05) is 14.9 Å². The summed E-state index contributed by atoms with van der Waals surface area (Å²) >= 11 is 2.20. The molecule has 2 aromatic carbocycles. The lowest BCUT2D eigenvalue weighted by molar-refractivity contribution is 0.102. The number of aryl methyl sites for hydroxylation is 1. The fraction of sp³-hybridized carbons (Fsp3) is 0.0714. The average Bonchev–Trinajstić information content (AvgIpc) is 2.32. The minimum absolute atomic E-state index is 0.182. The highest BCUT2D eigenvalue weighted by molar-refractivity contribution is 14.1. The molecule has 0 fully saturated rings. The Kier molecular flexibility index (Phi) is 3.86.